The molecule has 1 atom stereocenters. The maximum absolute atomic E-state index is 11.4. The summed E-state index contributed by atoms with van der Waals surface area (Å²) < 4.78 is 0. The van der Waals surface area contributed by atoms with Gasteiger partial charge in [-0.15, -0.1) is 0 Å². The first-order chi connectivity index (χ1) is 7.96. The summed E-state index contributed by atoms with van der Waals surface area (Å²) in [5.41, 5.74) is -1.42. The first kappa shape index (κ1) is 12.8. The highest BCUT2D eigenvalue weighted by Gasteiger charge is 2.46. The minimum atomic E-state index is -0.771. The van der Waals surface area contributed by atoms with Crippen LogP contribution in [0.4, 0.5) is 0 Å². The van der Waals surface area contributed by atoms with E-state index in [4.69, 9.17) is 0 Å². The van der Waals surface area contributed by atoms with Crippen molar-refractivity contribution in [3.8, 4) is 0 Å². The molecule has 4 nitrogen and oxygen atoms in total. The lowest BCUT2D eigenvalue weighted by Gasteiger charge is -2.40. The summed E-state index contributed by atoms with van der Waals surface area (Å²) in [6.45, 7) is 3.11. The molecule has 2 rings (SSSR count). The van der Waals surface area contributed by atoms with Gasteiger partial charge in [0.25, 0.3) is 0 Å². The maximum atomic E-state index is 11.4. The van der Waals surface area contributed by atoms with E-state index in [2.05, 4.69) is 0 Å². The summed E-state index contributed by atoms with van der Waals surface area (Å²) in [7, 11) is 0. The van der Waals surface area contributed by atoms with Gasteiger partial charge in [-0.05, 0) is 39.2 Å². The Labute approximate surface area is 103 Å². The third-order valence-electron chi connectivity index (χ3n) is 4.52. The van der Waals surface area contributed by atoms with E-state index in [9.17, 15) is 15.0 Å². The summed E-state index contributed by atoms with van der Waals surface area (Å²) >= 11 is 0. The minimum absolute atomic E-state index is 0.524. The molecule has 17 heavy (non-hydrogen) atoms. The molecule has 1 aliphatic carbocycles. The van der Waals surface area contributed by atoms with Crippen LogP contribution in [0.1, 0.15) is 51.9 Å². The van der Waals surface area contributed by atoms with Gasteiger partial charge in [0.05, 0.1) is 5.60 Å². The third kappa shape index (κ3) is 2.47. The van der Waals surface area contributed by atoms with E-state index < -0.39 is 17.1 Å². The van der Waals surface area contributed by atoms with Crippen LogP contribution in [0.15, 0.2) is 0 Å². The number of hydrogen-bond donors (Lipinski definition) is 2. The maximum Gasteiger partial charge on any atom is 0.323 e. The van der Waals surface area contributed by atoms with Gasteiger partial charge in [-0.25, -0.2) is 0 Å². The fraction of sp³-hybridized carbons (Fsp3) is 0.923. The van der Waals surface area contributed by atoms with Gasteiger partial charge in [0, 0.05) is 6.54 Å². The first-order valence-corrected chi connectivity index (χ1v) is 6.67. The molecule has 1 heterocycles. The topological polar surface area (TPSA) is 60.8 Å². The van der Waals surface area contributed by atoms with Crippen LogP contribution in [-0.2, 0) is 4.79 Å². The standard InChI is InChI=1S/C13H23NO3/c1-12(11(15)16)6-5-9-14(12)10-13(17)7-3-2-4-8-13/h17H,2-10H2,1H3,(H,15,16). The van der Waals surface area contributed by atoms with Crippen LogP contribution in [0.25, 0.3) is 0 Å². The molecule has 2 aliphatic rings. The van der Waals surface area contributed by atoms with Crippen LogP contribution in [0.2, 0.25) is 0 Å². The lowest BCUT2D eigenvalue weighted by molar-refractivity contribution is -0.150. The average molecular weight is 241 g/mol. The Morgan fingerprint density at radius 3 is 2.41 bits per heavy atom. The van der Waals surface area contributed by atoms with Crippen molar-refractivity contribution in [1.82, 2.24) is 4.90 Å². The normalized spacial score (nSPS) is 33.8. The Hall–Kier alpha value is -0.610. The summed E-state index contributed by atoms with van der Waals surface area (Å²) in [6.07, 6.45) is 6.57. The van der Waals surface area contributed by atoms with Crippen LogP contribution < -0.4 is 0 Å². The summed E-state index contributed by atoms with van der Waals surface area (Å²) in [4.78, 5) is 13.3. The monoisotopic (exact) mass is 241 g/mol. The highest BCUT2D eigenvalue weighted by atomic mass is 16.4. The molecule has 0 bridgehead atoms. The van der Waals surface area contributed by atoms with E-state index in [0.717, 1.165) is 38.6 Å². The first-order valence-electron chi connectivity index (χ1n) is 6.67. The van der Waals surface area contributed by atoms with Gasteiger partial charge in [-0.1, -0.05) is 19.3 Å². The minimum Gasteiger partial charge on any atom is -0.480 e. The largest absolute Gasteiger partial charge is 0.480 e. The second-order valence-corrected chi connectivity index (χ2v) is 5.89. The van der Waals surface area contributed by atoms with E-state index in [-0.39, 0.29) is 0 Å². The van der Waals surface area contributed by atoms with Gasteiger partial charge in [-0.3, -0.25) is 9.69 Å². The predicted molar refractivity (Wildman–Crippen MR) is 64.9 cm³/mol. The second kappa shape index (κ2) is 4.58. The van der Waals surface area contributed by atoms with Crippen LogP contribution in [0.3, 0.4) is 0 Å². The van der Waals surface area contributed by atoms with Crippen molar-refractivity contribution >= 4 is 5.97 Å². The smallest absolute Gasteiger partial charge is 0.323 e. The van der Waals surface area contributed by atoms with Gasteiger partial charge >= 0.3 is 5.97 Å². The number of carboxylic acid groups (broad SMARTS) is 1. The predicted octanol–water partition coefficient (Wildman–Crippen LogP) is 1.62. The van der Waals surface area contributed by atoms with Crippen molar-refractivity contribution < 1.29 is 15.0 Å². The average Bonchev–Trinajstić information content (AvgIpc) is 2.62. The Kier molecular flexibility index (Phi) is 3.46. The van der Waals surface area contributed by atoms with Crippen molar-refractivity contribution in [3.63, 3.8) is 0 Å². The molecular weight excluding hydrogens is 218 g/mol. The molecule has 0 aromatic heterocycles. The molecule has 1 saturated carbocycles. The highest BCUT2D eigenvalue weighted by molar-refractivity contribution is 5.78. The fourth-order valence-corrected chi connectivity index (χ4v) is 3.24. The SMILES string of the molecule is CC1(C(=O)O)CCCN1CC1(O)CCCCC1. The summed E-state index contributed by atoms with van der Waals surface area (Å²) in [6, 6.07) is 0. The number of hydrogen-bond acceptors (Lipinski definition) is 3. The molecule has 0 radical (unpaired) electrons. The molecule has 2 fully saturated rings. The molecule has 0 aromatic carbocycles. The number of aliphatic carboxylic acids is 1. The molecule has 1 aliphatic heterocycles. The van der Waals surface area contributed by atoms with E-state index >= 15 is 0 Å². The number of rotatable bonds is 3. The van der Waals surface area contributed by atoms with Crippen LogP contribution in [-0.4, -0.2) is 45.3 Å². The number of β-amino-alcohol motifs (C(OH)–C–C–N with tert-alkyl or cyclic N) is 1. The molecular formula is C13H23NO3. The van der Waals surface area contributed by atoms with Crippen LogP contribution in [0, 0.1) is 0 Å². The molecule has 1 unspecified atom stereocenters. The fourth-order valence-electron chi connectivity index (χ4n) is 3.24. The third-order valence-corrected chi connectivity index (χ3v) is 4.52. The van der Waals surface area contributed by atoms with Crippen molar-refractivity contribution in [2.45, 2.75) is 63.0 Å². The van der Waals surface area contributed by atoms with E-state index in [0.29, 0.717) is 13.0 Å². The lowest BCUT2D eigenvalue weighted by atomic mass is 9.83. The molecule has 0 amide bonds. The van der Waals surface area contributed by atoms with Gasteiger partial charge in [-0.2, -0.15) is 0 Å². The van der Waals surface area contributed by atoms with E-state index in [1.807, 2.05) is 4.90 Å². The molecule has 1 saturated heterocycles. The lowest BCUT2D eigenvalue weighted by Crippen LogP contribution is -2.54. The Bertz CT molecular complexity index is 299. The van der Waals surface area contributed by atoms with Gasteiger partial charge < -0.3 is 10.2 Å². The van der Waals surface area contributed by atoms with Gasteiger partial charge in [0.15, 0.2) is 0 Å². The summed E-state index contributed by atoms with van der Waals surface area (Å²) in [5, 5.41) is 19.8. The second-order valence-electron chi connectivity index (χ2n) is 5.89. The molecule has 98 valence electrons. The number of carbonyl (C=O) groups is 1. The number of likely N-dealkylation sites (tertiary alicyclic amines) is 1. The Morgan fingerprint density at radius 2 is 1.82 bits per heavy atom. The van der Waals surface area contributed by atoms with Crippen LogP contribution >= 0.6 is 0 Å². The number of carboxylic acids is 1. The highest BCUT2D eigenvalue weighted by Crippen LogP contribution is 2.35. The van der Waals surface area contributed by atoms with E-state index in [1.54, 1.807) is 6.92 Å². The summed E-state index contributed by atoms with van der Waals surface area (Å²) in [5.74, 6) is -0.755. The molecule has 4 heteroatoms. The zero-order valence-electron chi connectivity index (χ0n) is 10.6. The van der Waals surface area contributed by atoms with Crippen molar-refractivity contribution in [1.29, 1.82) is 0 Å². The van der Waals surface area contributed by atoms with Crippen LogP contribution in [0.5, 0.6) is 0 Å². The van der Waals surface area contributed by atoms with Gasteiger partial charge in [0.1, 0.15) is 5.54 Å². The quantitative estimate of drug-likeness (QED) is 0.788. The zero-order chi connectivity index (χ0) is 12.5. The zero-order valence-corrected chi connectivity index (χ0v) is 10.6. The van der Waals surface area contributed by atoms with Gasteiger partial charge in [0.2, 0.25) is 0 Å². The molecule has 0 spiro atoms. The molecule has 0 aromatic rings. The Morgan fingerprint density at radius 1 is 1.18 bits per heavy atom. The van der Waals surface area contributed by atoms with Crippen molar-refractivity contribution in [3.05, 3.63) is 0 Å². The Balaban J connectivity index is 2.04. The van der Waals surface area contributed by atoms with Crippen molar-refractivity contribution in [2.24, 2.45) is 0 Å². The molecule has 2 N–H and O–H groups in total. The van der Waals surface area contributed by atoms with E-state index in [1.165, 1.54) is 6.42 Å². The van der Waals surface area contributed by atoms with Crippen molar-refractivity contribution in [2.75, 3.05) is 13.1 Å². The number of aliphatic hydroxyl groups is 1. The number of nitrogens with zero attached hydrogens (tertiary/aromatic N) is 1.